The second-order valence-electron chi connectivity index (χ2n) is 6.27. The summed E-state index contributed by atoms with van der Waals surface area (Å²) in [4.78, 5) is 6.76. The third kappa shape index (κ3) is 4.55. The first-order valence-corrected chi connectivity index (χ1v) is 8.50. The Labute approximate surface area is 142 Å². The van der Waals surface area contributed by atoms with Crippen molar-refractivity contribution in [2.75, 3.05) is 26.8 Å². The van der Waals surface area contributed by atoms with Crippen LogP contribution in [0, 0.1) is 5.92 Å². The van der Waals surface area contributed by atoms with Crippen molar-refractivity contribution in [1.29, 1.82) is 0 Å². The molecule has 1 aromatic heterocycles. The summed E-state index contributed by atoms with van der Waals surface area (Å²) in [5, 5.41) is 3.97. The van der Waals surface area contributed by atoms with Gasteiger partial charge in [-0.25, -0.2) is 0 Å². The summed E-state index contributed by atoms with van der Waals surface area (Å²) in [7, 11) is 1.64. The molecule has 0 aliphatic carbocycles. The smallest absolute Gasteiger partial charge is 0.240 e. The van der Waals surface area contributed by atoms with E-state index in [2.05, 4.69) is 15.0 Å². The van der Waals surface area contributed by atoms with Crippen LogP contribution in [0.3, 0.4) is 0 Å². The Balaban J connectivity index is 1.41. The van der Waals surface area contributed by atoms with Crippen LogP contribution in [0.5, 0.6) is 5.75 Å². The maximum atomic E-state index is 5.87. The van der Waals surface area contributed by atoms with Crippen LogP contribution in [0.2, 0.25) is 0 Å². The van der Waals surface area contributed by atoms with Gasteiger partial charge in [-0.05, 0) is 50.9 Å². The molecule has 2 aromatic rings. The first-order valence-electron chi connectivity index (χ1n) is 8.50. The largest absolute Gasteiger partial charge is 0.493 e. The molecule has 6 heteroatoms. The van der Waals surface area contributed by atoms with Crippen LogP contribution in [0.1, 0.15) is 37.6 Å². The van der Waals surface area contributed by atoms with Crippen LogP contribution >= 0.6 is 0 Å². The van der Waals surface area contributed by atoms with Crippen molar-refractivity contribution >= 4 is 0 Å². The maximum Gasteiger partial charge on any atom is 0.240 e. The topological polar surface area (TPSA) is 60.6 Å². The van der Waals surface area contributed by atoms with E-state index in [-0.39, 0.29) is 6.10 Å². The number of piperidine rings is 1. The van der Waals surface area contributed by atoms with E-state index >= 15 is 0 Å². The monoisotopic (exact) mass is 331 g/mol. The second-order valence-corrected chi connectivity index (χ2v) is 6.27. The van der Waals surface area contributed by atoms with E-state index in [9.17, 15) is 0 Å². The van der Waals surface area contributed by atoms with Crippen molar-refractivity contribution in [2.45, 2.75) is 32.4 Å². The van der Waals surface area contributed by atoms with Gasteiger partial charge >= 0.3 is 0 Å². The average Bonchev–Trinajstić information content (AvgIpc) is 3.10. The third-order valence-corrected chi connectivity index (χ3v) is 4.50. The van der Waals surface area contributed by atoms with Crippen molar-refractivity contribution in [3.05, 3.63) is 42.0 Å². The van der Waals surface area contributed by atoms with Gasteiger partial charge in [0.25, 0.3) is 0 Å². The summed E-state index contributed by atoms with van der Waals surface area (Å²) < 4.78 is 16.4. The Morgan fingerprint density at radius 2 is 2.00 bits per heavy atom. The fraction of sp³-hybridized carbons (Fsp3) is 0.556. The summed E-state index contributed by atoms with van der Waals surface area (Å²) >= 11 is 0. The molecule has 1 fully saturated rings. The van der Waals surface area contributed by atoms with Crippen LogP contribution < -0.4 is 4.74 Å². The Bertz CT molecular complexity index is 609. The van der Waals surface area contributed by atoms with Crippen molar-refractivity contribution in [3.8, 4) is 5.75 Å². The van der Waals surface area contributed by atoms with E-state index in [0.717, 1.165) is 38.3 Å². The molecule has 0 spiro atoms. The van der Waals surface area contributed by atoms with Crippen LogP contribution in [-0.2, 0) is 11.3 Å². The molecule has 3 rings (SSSR count). The summed E-state index contributed by atoms with van der Waals surface area (Å²) in [5.74, 6) is 2.82. The molecule has 130 valence electrons. The predicted octanol–water partition coefficient (Wildman–Crippen LogP) is 3.07. The molecule has 1 saturated heterocycles. The first-order chi connectivity index (χ1) is 11.7. The first kappa shape index (κ1) is 16.9. The fourth-order valence-electron chi connectivity index (χ4n) is 2.84. The molecule has 2 heterocycles. The van der Waals surface area contributed by atoms with Crippen LogP contribution in [0.25, 0.3) is 0 Å². The predicted molar refractivity (Wildman–Crippen MR) is 89.7 cm³/mol. The highest BCUT2D eigenvalue weighted by molar-refractivity contribution is 5.20. The third-order valence-electron chi connectivity index (χ3n) is 4.50. The molecule has 6 nitrogen and oxygen atoms in total. The number of rotatable bonds is 7. The molecule has 24 heavy (non-hydrogen) atoms. The highest BCUT2D eigenvalue weighted by Crippen LogP contribution is 2.21. The zero-order valence-corrected chi connectivity index (χ0v) is 14.4. The molecular weight excluding hydrogens is 306 g/mol. The van der Waals surface area contributed by atoms with Gasteiger partial charge in [-0.3, -0.25) is 4.90 Å². The number of likely N-dealkylation sites (tertiary alicyclic amines) is 1. The Hall–Kier alpha value is -1.92. The lowest BCUT2D eigenvalue weighted by Crippen LogP contribution is -2.35. The van der Waals surface area contributed by atoms with E-state index in [1.54, 1.807) is 7.11 Å². The molecule has 1 aliphatic rings. The number of nitrogens with zero attached hydrogens (tertiary/aromatic N) is 3. The lowest BCUT2D eigenvalue weighted by Gasteiger charge is -2.30. The highest BCUT2D eigenvalue weighted by atomic mass is 16.5. The van der Waals surface area contributed by atoms with E-state index in [1.165, 1.54) is 0 Å². The molecule has 0 amide bonds. The lowest BCUT2D eigenvalue weighted by molar-refractivity contribution is 0.109. The Morgan fingerprint density at radius 3 is 2.71 bits per heavy atom. The van der Waals surface area contributed by atoms with Gasteiger partial charge in [-0.1, -0.05) is 23.4 Å². The van der Waals surface area contributed by atoms with E-state index < -0.39 is 0 Å². The number of hydrogen-bond donors (Lipinski definition) is 0. The lowest BCUT2D eigenvalue weighted by atomic mass is 9.98. The summed E-state index contributed by atoms with van der Waals surface area (Å²) in [6.07, 6.45) is 2.12. The van der Waals surface area contributed by atoms with Gasteiger partial charge in [-0.15, -0.1) is 0 Å². The van der Waals surface area contributed by atoms with Gasteiger partial charge in [0.05, 0.1) is 13.2 Å². The van der Waals surface area contributed by atoms with Gasteiger partial charge in [0.2, 0.25) is 5.89 Å². The summed E-state index contributed by atoms with van der Waals surface area (Å²) in [6, 6.07) is 10.0. The molecule has 0 N–H and O–H groups in total. The Morgan fingerprint density at radius 1 is 1.25 bits per heavy atom. The zero-order chi connectivity index (χ0) is 16.8. The summed E-state index contributed by atoms with van der Waals surface area (Å²) in [6.45, 7) is 5.46. The number of para-hydroxylation sites is 1. The van der Waals surface area contributed by atoms with E-state index in [1.807, 2.05) is 37.3 Å². The van der Waals surface area contributed by atoms with Crippen LogP contribution in [-0.4, -0.2) is 41.8 Å². The molecule has 1 atom stereocenters. The molecule has 1 unspecified atom stereocenters. The van der Waals surface area contributed by atoms with Crippen molar-refractivity contribution in [1.82, 2.24) is 15.0 Å². The highest BCUT2D eigenvalue weighted by Gasteiger charge is 2.22. The number of aromatic nitrogens is 2. The quantitative estimate of drug-likeness (QED) is 0.777. The maximum absolute atomic E-state index is 5.87. The van der Waals surface area contributed by atoms with Gasteiger partial charge < -0.3 is 14.0 Å². The van der Waals surface area contributed by atoms with E-state index in [0.29, 0.717) is 24.2 Å². The van der Waals surface area contributed by atoms with Gasteiger partial charge in [0.15, 0.2) is 5.82 Å². The molecule has 0 saturated carbocycles. The summed E-state index contributed by atoms with van der Waals surface area (Å²) in [5.41, 5.74) is 0. The van der Waals surface area contributed by atoms with Gasteiger partial charge in [0.1, 0.15) is 11.9 Å². The fourth-order valence-corrected chi connectivity index (χ4v) is 2.84. The van der Waals surface area contributed by atoms with Crippen LogP contribution in [0.4, 0.5) is 0 Å². The minimum atomic E-state index is -0.136. The molecule has 1 aromatic carbocycles. The Kier molecular flexibility index (Phi) is 5.82. The standard InChI is InChI=1S/C18H25N3O3/c1-14(22-2)18-19-17(24-20-18)12-21-10-8-15(9-11-21)13-23-16-6-4-3-5-7-16/h3-7,14-15H,8-13H2,1-2H3. The van der Waals surface area contributed by atoms with Gasteiger partial charge in [0, 0.05) is 7.11 Å². The zero-order valence-electron chi connectivity index (χ0n) is 14.4. The normalized spacial score (nSPS) is 17.8. The number of methoxy groups -OCH3 is 1. The van der Waals surface area contributed by atoms with Gasteiger partial charge in [-0.2, -0.15) is 4.98 Å². The number of benzene rings is 1. The SMILES string of the molecule is COC(C)c1noc(CN2CCC(COc3ccccc3)CC2)n1. The van der Waals surface area contributed by atoms with Crippen LogP contribution in [0.15, 0.2) is 34.9 Å². The van der Waals surface area contributed by atoms with Crippen molar-refractivity contribution < 1.29 is 14.0 Å². The minimum absolute atomic E-state index is 0.136. The number of ether oxygens (including phenoxy) is 2. The second kappa shape index (κ2) is 8.26. The molecular formula is C18H25N3O3. The number of hydrogen-bond acceptors (Lipinski definition) is 6. The molecule has 0 bridgehead atoms. The minimum Gasteiger partial charge on any atom is -0.493 e. The average molecular weight is 331 g/mol. The molecule has 1 aliphatic heterocycles. The molecule has 0 radical (unpaired) electrons. The van der Waals surface area contributed by atoms with Crippen molar-refractivity contribution in [3.63, 3.8) is 0 Å². The van der Waals surface area contributed by atoms with E-state index in [4.69, 9.17) is 14.0 Å². The van der Waals surface area contributed by atoms with Crippen molar-refractivity contribution in [2.24, 2.45) is 5.92 Å².